The summed E-state index contributed by atoms with van der Waals surface area (Å²) in [6.07, 6.45) is 19.8. The van der Waals surface area contributed by atoms with Crippen LogP contribution in [-0.4, -0.2) is 15.2 Å². The normalized spacial score (nSPS) is 12.7. The number of H-pyrrole nitrogens is 1. The van der Waals surface area contributed by atoms with Crippen molar-refractivity contribution in [3.8, 4) is 0 Å². The average Bonchev–Trinajstić information content (AvgIpc) is 3.02. The van der Waals surface area contributed by atoms with Gasteiger partial charge in [-0.05, 0) is 6.42 Å². The average molecular weight is 293 g/mol. The maximum Gasteiger partial charge on any atom is 0.137 e. The number of aromatic nitrogens is 3. The van der Waals surface area contributed by atoms with Crippen molar-refractivity contribution in [1.29, 1.82) is 0 Å². The largest absolute Gasteiger partial charge is 0.263 e. The van der Waals surface area contributed by atoms with Gasteiger partial charge in [0.15, 0.2) is 0 Å². The van der Waals surface area contributed by atoms with Gasteiger partial charge >= 0.3 is 0 Å². The highest BCUT2D eigenvalue weighted by Gasteiger charge is 2.07. The van der Waals surface area contributed by atoms with Crippen molar-refractivity contribution in [2.24, 2.45) is 0 Å². The molecule has 3 heteroatoms. The van der Waals surface area contributed by atoms with Crippen LogP contribution in [0.3, 0.4) is 0 Å². The van der Waals surface area contributed by atoms with Gasteiger partial charge in [-0.3, -0.25) is 5.10 Å². The fourth-order valence-electron chi connectivity index (χ4n) is 2.88. The lowest BCUT2D eigenvalue weighted by molar-refractivity contribution is 0.523. The lowest BCUT2D eigenvalue weighted by Crippen LogP contribution is -1.96. The molecule has 0 aliphatic rings. The quantitative estimate of drug-likeness (QED) is 0.427. The third-order valence-corrected chi connectivity index (χ3v) is 4.39. The van der Waals surface area contributed by atoms with Crippen molar-refractivity contribution in [1.82, 2.24) is 15.2 Å². The monoisotopic (exact) mass is 293 g/mol. The van der Waals surface area contributed by atoms with Crippen molar-refractivity contribution in [3.05, 3.63) is 12.2 Å². The van der Waals surface area contributed by atoms with Crippen LogP contribution in [0.4, 0.5) is 0 Å². The molecule has 0 fully saturated rings. The molecule has 1 unspecified atom stereocenters. The van der Waals surface area contributed by atoms with Crippen LogP contribution in [0.25, 0.3) is 0 Å². The molecule has 1 aromatic heterocycles. The Labute approximate surface area is 131 Å². The molecule has 0 aliphatic heterocycles. The number of nitrogens with one attached hydrogen (secondary N) is 1. The van der Waals surface area contributed by atoms with Crippen molar-refractivity contribution in [3.63, 3.8) is 0 Å². The third-order valence-electron chi connectivity index (χ3n) is 4.39. The first kappa shape index (κ1) is 18.2. The molecule has 0 radical (unpaired) electrons. The van der Waals surface area contributed by atoms with E-state index in [0.29, 0.717) is 5.92 Å². The number of nitrogens with zero attached hydrogens (tertiary/aromatic N) is 2. The summed E-state index contributed by atoms with van der Waals surface area (Å²) in [6, 6.07) is 0. The first-order chi connectivity index (χ1) is 10.3. The predicted molar refractivity (Wildman–Crippen MR) is 90.5 cm³/mol. The van der Waals surface area contributed by atoms with Gasteiger partial charge in [0.1, 0.15) is 12.2 Å². The van der Waals surface area contributed by atoms with Crippen LogP contribution in [0, 0.1) is 0 Å². The number of aromatic amines is 1. The Kier molecular flexibility index (Phi) is 11.1. The SMILES string of the molecule is CCCCCCCCCCCCCCC(C)c1ncn[nH]1. The molecular formula is C18H35N3. The lowest BCUT2D eigenvalue weighted by atomic mass is 10.0. The van der Waals surface area contributed by atoms with E-state index in [1.165, 1.54) is 83.5 Å². The second-order valence-corrected chi connectivity index (χ2v) is 6.45. The summed E-state index contributed by atoms with van der Waals surface area (Å²) in [5, 5.41) is 6.89. The van der Waals surface area contributed by atoms with Gasteiger partial charge in [0, 0.05) is 5.92 Å². The number of hydrogen-bond acceptors (Lipinski definition) is 2. The van der Waals surface area contributed by atoms with E-state index in [1.54, 1.807) is 6.33 Å². The summed E-state index contributed by atoms with van der Waals surface area (Å²) in [5.41, 5.74) is 0. The molecule has 0 aromatic carbocycles. The maximum absolute atomic E-state index is 4.22. The highest BCUT2D eigenvalue weighted by molar-refractivity contribution is 4.89. The van der Waals surface area contributed by atoms with Crippen LogP contribution in [0.1, 0.15) is 109 Å². The molecule has 0 saturated carbocycles. The zero-order valence-corrected chi connectivity index (χ0v) is 14.2. The van der Waals surface area contributed by atoms with Crippen molar-refractivity contribution >= 4 is 0 Å². The third kappa shape index (κ3) is 9.65. The minimum Gasteiger partial charge on any atom is -0.263 e. The molecule has 1 N–H and O–H groups in total. The van der Waals surface area contributed by atoms with Gasteiger partial charge in [0.05, 0.1) is 0 Å². The molecule has 0 bridgehead atoms. The number of rotatable bonds is 14. The van der Waals surface area contributed by atoms with E-state index in [4.69, 9.17) is 0 Å². The van der Waals surface area contributed by atoms with Gasteiger partial charge in [-0.15, -0.1) is 0 Å². The topological polar surface area (TPSA) is 41.6 Å². The summed E-state index contributed by atoms with van der Waals surface area (Å²) in [4.78, 5) is 4.22. The fourth-order valence-corrected chi connectivity index (χ4v) is 2.88. The Balaban J connectivity index is 1.78. The van der Waals surface area contributed by atoms with Crippen LogP contribution >= 0.6 is 0 Å². The number of hydrogen-bond donors (Lipinski definition) is 1. The van der Waals surface area contributed by atoms with Gasteiger partial charge in [-0.2, -0.15) is 5.10 Å². The van der Waals surface area contributed by atoms with Gasteiger partial charge in [0.25, 0.3) is 0 Å². The Morgan fingerprint density at radius 2 is 1.38 bits per heavy atom. The second-order valence-electron chi connectivity index (χ2n) is 6.45. The van der Waals surface area contributed by atoms with Crippen LogP contribution < -0.4 is 0 Å². The van der Waals surface area contributed by atoms with E-state index in [9.17, 15) is 0 Å². The van der Waals surface area contributed by atoms with E-state index in [0.717, 1.165) is 5.82 Å². The standard InChI is InChI=1S/C18H35N3/c1-3-4-5-6-7-8-9-10-11-12-13-14-15-17(2)18-19-16-20-21-18/h16-17H,3-15H2,1-2H3,(H,19,20,21). The van der Waals surface area contributed by atoms with Gasteiger partial charge in [0.2, 0.25) is 0 Å². The molecule has 0 amide bonds. The Bertz CT molecular complexity index is 308. The molecule has 0 aliphatic carbocycles. The molecular weight excluding hydrogens is 258 g/mol. The summed E-state index contributed by atoms with van der Waals surface area (Å²) in [6.45, 7) is 4.52. The van der Waals surface area contributed by atoms with Crippen LogP contribution in [0.15, 0.2) is 6.33 Å². The first-order valence-electron chi connectivity index (χ1n) is 9.19. The molecule has 1 aromatic rings. The smallest absolute Gasteiger partial charge is 0.137 e. The van der Waals surface area contributed by atoms with E-state index >= 15 is 0 Å². The van der Waals surface area contributed by atoms with Gasteiger partial charge in [-0.1, -0.05) is 90.9 Å². The fraction of sp³-hybridized carbons (Fsp3) is 0.889. The predicted octanol–water partition coefficient (Wildman–Crippen LogP) is 6.00. The van der Waals surface area contributed by atoms with Crippen LogP contribution in [-0.2, 0) is 0 Å². The van der Waals surface area contributed by atoms with Crippen molar-refractivity contribution in [2.45, 2.75) is 103 Å². The summed E-state index contributed by atoms with van der Waals surface area (Å²) in [7, 11) is 0. The van der Waals surface area contributed by atoms with Gasteiger partial charge < -0.3 is 0 Å². The Morgan fingerprint density at radius 3 is 1.86 bits per heavy atom. The highest BCUT2D eigenvalue weighted by Crippen LogP contribution is 2.19. The van der Waals surface area contributed by atoms with E-state index < -0.39 is 0 Å². The van der Waals surface area contributed by atoms with Crippen LogP contribution in [0.5, 0.6) is 0 Å². The van der Waals surface area contributed by atoms with Crippen LogP contribution in [0.2, 0.25) is 0 Å². The lowest BCUT2D eigenvalue weighted by Gasteiger charge is -2.07. The Hall–Kier alpha value is -0.860. The maximum atomic E-state index is 4.22. The molecule has 0 saturated heterocycles. The Morgan fingerprint density at radius 1 is 0.857 bits per heavy atom. The van der Waals surface area contributed by atoms with Crippen molar-refractivity contribution in [2.75, 3.05) is 0 Å². The second kappa shape index (κ2) is 12.8. The molecule has 21 heavy (non-hydrogen) atoms. The first-order valence-corrected chi connectivity index (χ1v) is 9.19. The molecule has 1 heterocycles. The van der Waals surface area contributed by atoms with Gasteiger partial charge in [-0.25, -0.2) is 4.98 Å². The zero-order valence-electron chi connectivity index (χ0n) is 14.2. The minimum atomic E-state index is 0.524. The summed E-state index contributed by atoms with van der Waals surface area (Å²) in [5.74, 6) is 1.56. The number of unbranched alkanes of at least 4 members (excludes halogenated alkanes) is 11. The molecule has 1 rings (SSSR count). The summed E-state index contributed by atoms with van der Waals surface area (Å²) >= 11 is 0. The zero-order chi connectivity index (χ0) is 15.2. The van der Waals surface area contributed by atoms with Crippen molar-refractivity contribution < 1.29 is 0 Å². The minimum absolute atomic E-state index is 0.524. The molecule has 0 spiro atoms. The molecule has 1 atom stereocenters. The van der Waals surface area contributed by atoms with E-state index in [2.05, 4.69) is 29.0 Å². The summed E-state index contributed by atoms with van der Waals surface area (Å²) < 4.78 is 0. The molecule has 3 nitrogen and oxygen atoms in total. The van der Waals surface area contributed by atoms with E-state index in [1.807, 2.05) is 0 Å². The molecule has 122 valence electrons. The van der Waals surface area contributed by atoms with E-state index in [-0.39, 0.29) is 0 Å². The highest BCUT2D eigenvalue weighted by atomic mass is 15.2.